The highest BCUT2D eigenvalue weighted by Gasteiger charge is 2.32. The molecule has 1 aromatic rings. The van der Waals surface area contributed by atoms with E-state index in [4.69, 9.17) is 5.73 Å². The third kappa shape index (κ3) is 2.68. The van der Waals surface area contributed by atoms with Crippen LogP contribution in [0.25, 0.3) is 0 Å². The van der Waals surface area contributed by atoms with Gasteiger partial charge in [0.1, 0.15) is 11.6 Å². The summed E-state index contributed by atoms with van der Waals surface area (Å²) in [4.78, 5) is 0. The summed E-state index contributed by atoms with van der Waals surface area (Å²) in [7, 11) is 0. The van der Waals surface area contributed by atoms with E-state index in [-0.39, 0.29) is 0 Å². The minimum Gasteiger partial charge on any atom is -0.320 e. The van der Waals surface area contributed by atoms with Gasteiger partial charge in [-0.1, -0.05) is 6.07 Å². The molecule has 0 heterocycles. The largest absolute Gasteiger partial charge is 0.320 e. The lowest BCUT2D eigenvalue weighted by molar-refractivity contribution is 0.0630. The smallest absolute Gasteiger partial charge is 0.256 e. The molecule has 84 valence electrons. The molecule has 0 bridgehead atoms. The molecule has 0 aliphatic carbocycles. The van der Waals surface area contributed by atoms with Crippen LogP contribution in [-0.2, 0) is 6.42 Å². The third-order valence-electron chi connectivity index (χ3n) is 2.12. The van der Waals surface area contributed by atoms with Crippen molar-refractivity contribution < 1.29 is 17.6 Å². The van der Waals surface area contributed by atoms with Crippen LogP contribution in [0.3, 0.4) is 0 Å². The van der Waals surface area contributed by atoms with Gasteiger partial charge in [-0.2, -0.15) is 0 Å². The van der Waals surface area contributed by atoms with Gasteiger partial charge in [-0.15, -0.1) is 0 Å². The Morgan fingerprint density at radius 2 is 1.73 bits per heavy atom. The van der Waals surface area contributed by atoms with Gasteiger partial charge < -0.3 is 5.73 Å². The van der Waals surface area contributed by atoms with Crippen LogP contribution in [0.5, 0.6) is 0 Å². The Kier molecular flexibility index (Phi) is 3.34. The number of halogens is 4. The first-order valence-corrected chi connectivity index (χ1v) is 4.34. The molecule has 0 spiro atoms. The highest BCUT2D eigenvalue weighted by molar-refractivity contribution is 5.22. The van der Waals surface area contributed by atoms with E-state index in [0.29, 0.717) is 0 Å². The number of rotatable bonds is 3. The van der Waals surface area contributed by atoms with Crippen LogP contribution >= 0.6 is 0 Å². The van der Waals surface area contributed by atoms with E-state index < -0.39 is 35.6 Å². The maximum atomic E-state index is 13.1. The molecule has 1 atom stereocenters. The number of benzene rings is 1. The van der Waals surface area contributed by atoms with Crippen LogP contribution in [0.2, 0.25) is 0 Å². The average Bonchev–Trinajstić information content (AvgIpc) is 2.11. The molecule has 0 saturated heterocycles. The van der Waals surface area contributed by atoms with E-state index in [1.165, 1.54) is 6.07 Å². The van der Waals surface area contributed by atoms with E-state index in [1.807, 2.05) is 0 Å². The Balaban J connectivity index is 2.99. The minimum absolute atomic E-state index is 0.400. The summed E-state index contributed by atoms with van der Waals surface area (Å²) < 4.78 is 51.0. The van der Waals surface area contributed by atoms with Crippen molar-refractivity contribution in [1.29, 1.82) is 0 Å². The Morgan fingerprint density at radius 3 is 2.13 bits per heavy atom. The third-order valence-corrected chi connectivity index (χ3v) is 2.12. The Hall–Kier alpha value is -1.10. The first-order chi connectivity index (χ1) is 6.84. The summed E-state index contributed by atoms with van der Waals surface area (Å²) in [5.41, 5.74) is 2.92. The lowest BCUT2D eigenvalue weighted by Crippen LogP contribution is -2.46. The lowest BCUT2D eigenvalue weighted by atomic mass is 9.94. The molecule has 0 aromatic heterocycles. The van der Waals surface area contributed by atoms with Crippen molar-refractivity contribution in [2.45, 2.75) is 25.3 Å². The fourth-order valence-electron chi connectivity index (χ4n) is 1.16. The maximum absolute atomic E-state index is 13.1. The van der Waals surface area contributed by atoms with E-state index in [1.54, 1.807) is 0 Å². The molecule has 2 N–H and O–H groups in total. The highest BCUT2D eigenvalue weighted by Crippen LogP contribution is 2.22. The topological polar surface area (TPSA) is 26.0 Å². The van der Waals surface area contributed by atoms with Crippen LogP contribution in [0.15, 0.2) is 18.2 Å². The highest BCUT2D eigenvalue weighted by atomic mass is 19.3. The van der Waals surface area contributed by atoms with Crippen molar-refractivity contribution in [2.75, 3.05) is 0 Å². The number of alkyl halides is 2. The molecule has 0 radical (unpaired) electrons. The van der Waals surface area contributed by atoms with Crippen molar-refractivity contribution in [2.24, 2.45) is 5.73 Å². The summed E-state index contributed by atoms with van der Waals surface area (Å²) >= 11 is 0. The zero-order valence-corrected chi connectivity index (χ0v) is 8.11. The minimum atomic E-state index is -2.84. The second-order valence-electron chi connectivity index (χ2n) is 3.68. The average molecular weight is 221 g/mol. The molecule has 0 amide bonds. The molecule has 1 unspecified atom stereocenters. The molecule has 5 heteroatoms. The molecular formula is C10H11F4N. The zero-order valence-electron chi connectivity index (χ0n) is 8.11. The number of nitrogens with two attached hydrogens (primary N) is 1. The molecule has 1 rings (SSSR count). The predicted octanol–water partition coefficient (Wildman–Crippen LogP) is 2.49. The molecule has 15 heavy (non-hydrogen) atoms. The normalized spacial score (nSPS) is 15.4. The Labute approximate surface area is 84.9 Å². The lowest BCUT2D eigenvalue weighted by Gasteiger charge is -2.23. The van der Waals surface area contributed by atoms with Gasteiger partial charge in [0.25, 0.3) is 6.43 Å². The van der Waals surface area contributed by atoms with Crippen molar-refractivity contribution in [1.82, 2.24) is 0 Å². The second-order valence-corrected chi connectivity index (χ2v) is 3.68. The van der Waals surface area contributed by atoms with Crippen molar-refractivity contribution in [3.8, 4) is 0 Å². The quantitative estimate of drug-likeness (QED) is 0.779. The Morgan fingerprint density at radius 1 is 1.27 bits per heavy atom. The summed E-state index contributed by atoms with van der Waals surface area (Å²) in [5, 5.41) is 0. The second kappa shape index (κ2) is 4.18. The van der Waals surface area contributed by atoms with Crippen molar-refractivity contribution in [3.05, 3.63) is 35.4 Å². The predicted molar refractivity (Wildman–Crippen MR) is 48.7 cm³/mol. The van der Waals surface area contributed by atoms with Gasteiger partial charge in [-0.3, -0.25) is 0 Å². The summed E-state index contributed by atoms with van der Waals surface area (Å²) in [6, 6.07) is 3.20. The van der Waals surface area contributed by atoms with Gasteiger partial charge in [-0.25, -0.2) is 17.6 Å². The van der Waals surface area contributed by atoms with Gasteiger partial charge in [0.2, 0.25) is 0 Å². The van der Waals surface area contributed by atoms with Gasteiger partial charge >= 0.3 is 0 Å². The molecule has 0 aliphatic heterocycles. The molecule has 0 saturated carbocycles. The molecule has 1 nitrogen and oxygen atoms in total. The molecule has 0 fully saturated rings. The van der Waals surface area contributed by atoms with Gasteiger partial charge in [-0.05, 0) is 19.1 Å². The summed E-state index contributed by atoms with van der Waals surface area (Å²) in [6.45, 7) is 1.06. The SMILES string of the molecule is CC(N)(Cc1c(F)cccc1F)C(F)F. The number of hydrogen-bond donors (Lipinski definition) is 1. The van der Waals surface area contributed by atoms with Crippen LogP contribution < -0.4 is 5.73 Å². The van der Waals surface area contributed by atoms with Gasteiger partial charge in [0, 0.05) is 12.0 Å². The standard InChI is InChI=1S/C10H11F4N/c1-10(15,9(13)14)5-6-7(11)3-2-4-8(6)12/h2-4,9H,5,15H2,1H3. The first-order valence-electron chi connectivity index (χ1n) is 4.34. The Bertz CT molecular complexity index is 329. The van der Waals surface area contributed by atoms with Gasteiger partial charge in [0.15, 0.2) is 0 Å². The zero-order chi connectivity index (χ0) is 11.6. The maximum Gasteiger partial charge on any atom is 0.256 e. The van der Waals surface area contributed by atoms with Crippen LogP contribution in [-0.4, -0.2) is 12.0 Å². The first kappa shape index (κ1) is 12.0. The fraction of sp³-hybridized carbons (Fsp3) is 0.400. The van der Waals surface area contributed by atoms with E-state index in [0.717, 1.165) is 19.1 Å². The molecule has 0 aliphatic rings. The monoisotopic (exact) mass is 221 g/mol. The van der Waals surface area contributed by atoms with E-state index >= 15 is 0 Å². The molecule has 1 aromatic carbocycles. The van der Waals surface area contributed by atoms with E-state index in [9.17, 15) is 17.6 Å². The fourth-order valence-corrected chi connectivity index (χ4v) is 1.16. The van der Waals surface area contributed by atoms with E-state index in [2.05, 4.69) is 0 Å². The van der Waals surface area contributed by atoms with Crippen LogP contribution in [0.4, 0.5) is 17.6 Å². The van der Waals surface area contributed by atoms with Crippen LogP contribution in [0.1, 0.15) is 12.5 Å². The summed E-state index contributed by atoms with van der Waals surface area (Å²) in [6.07, 6.45) is -3.38. The van der Waals surface area contributed by atoms with Crippen molar-refractivity contribution in [3.63, 3.8) is 0 Å². The van der Waals surface area contributed by atoms with Crippen LogP contribution in [0, 0.1) is 11.6 Å². The summed E-state index contributed by atoms with van der Waals surface area (Å²) in [5.74, 6) is -1.71. The van der Waals surface area contributed by atoms with Gasteiger partial charge in [0.05, 0.1) is 5.54 Å². The number of hydrogen-bond acceptors (Lipinski definition) is 1. The molecular weight excluding hydrogens is 210 g/mol. The van der Waals surface area contributed by atoms with Crippen molar-refractivity contribution >= 4 is 0 Å².